The number of carbonyl (C=O) groups excluding carboxylic acids is 2. The van der Waals surface area contributed by atoms with Crippen LogP contribution in [0.2, 0.25) is 0 Å². The first-order chi connectivity index (χ1) is 13.2. The van der Waals surface area contributed by atoms with Crippen molar-refractivity contribution in [1.29, 1.82) is 0 Å². The minimum Gasteiger partial charge on any atom is -0.339 e. The second-order valence-electron chi connectivity index (χ2n) is 6.88. The van der Waals surface area contributed by atoms with Crippen molar-refractivity contribution < 1.29 is 9.59 Å². The van der Waals surface area contributed by atoms with Gasteiger partial charge < -0.3 is 4.90 Å². The van der Waals surface area contributed by atoms with Crippen molar-refractivity contribution in [3.05, 3.63) is 40.7 Å². The Balaban J connectivity index is 1.28. The van der Waals surface area contributed by atoms with Gasteiger partial charge in [0.2, 0.25) is 11.8 Å². The summed E-state index contributed by atoms with van der Waals surface area (Å²) >= 11 is 1.68. The van der Waals surface area contributed by atoms with E-state index < -0.39 is 0 Å². The molecule has 142 valence electrons. The SMILES string of the molecule is O=C1CCC(C(=O)N2CCN(Cc3nc(-c4ccccc4)cs3)CC2)NN1. The zero-order chi connectivity index (χ0) is 18.6. The van der Waals surface area contributed by atoms with Gasteiger partial charge in [-0.15, -0.1) is 11.3 Å². The van der Waals surface area contributed by atoms with E-state index in [1.807, 2.05) is 23.1 Å². The van der Waals surface area contributed by atoms with Crippen molar-refractivity contribution in [1.82, 2.24) is 25.6 Å². The minimum absolute atomic E-state index is 0.0535. The summed E-state index contributed by atoms with van der Waals surface area (Å²) in [6, 6.07) is 9.90. The van der Waals surface area contributed by atoms with E-state index in [0.717, 1.165) is 35.9 Å². The van der Waals surface area contributed by atoms with Crippen LogP contribution in [0.3, 0.4) is 0 Å². The molecule has 2 amide bonds. The Kier molecular flexibility index (Phi) is 5.47. The summed E-state index contributed by atoms with van der Waals surface area (Å²) in [5, 5.41) is 3.21. The van der Waals surface area contributed by atoms with Crippen molar-refractivity contribution in [2.24, 2.45) is 0 Å². The fourth-order valence-electron chi connectivity index (χ4n) is 3.43. The van der Waals surface area contributed by atoms with E-state index in [1.54, 1.807) is 11.3 Å². The van der Waals surface area contributed by atoms with Crippen molar-refractivity contribution in [3.8, 4) is 11.3 Å². The number of aromatic nitrogens is 1. The summed E-state index contributed by atoms with van der Waals surface area (Å²) in [5.41, 5.74) is 7.54. The normalized spacial score (nSPS) is 21.1. The lowest BCUT2D eigenvalue weighted by molar-refractivity contribution is -0.138. The number of hydrogen-bond acceptors (Lipinski definition) is 6. The third kappa shape index (κ3) is 4.35. The fraction of sp³-hybridized carbons (Fsp3) is 0.421. The standard InChI is InChI=1S/C19H23N5O2S/c25-17-7-6-15(21-22-17)19(26)24-10-8-23(9-11-24)12-18-20-16(13-27-18)14-4-2-1-3-5-14/h1-5,13,15,21H,6-12H2,(H,22,25). The van der Waals surface area contributed by atoms with Crippen LogP contribution in [0.1, 0.15) is 17.8 Å². The zero-order valence-corrected chi connectivity index (χ0v) is 15.9. The Morgan fingerprint density at radius 1 is 1.19 bits per heavy atom. The van der Waals surface area contributed by atoms with Gasteiger partial charge in [-0.3, -0.25) is 19.9 Å². The molecule has 4 rings (SSSR count). The molecule has 0 saturated carbocycles. The van der Waals surface area contributed by atoms with Crippen molar-refractivity contribution in [2.45, 2.75) is 25.4 Å². The fourth-order valence-corrected chi connectivity index (χ4v) is 4.27. The molecule has 8 heteroatoms. The summed E-state index contributed by atoms with van der Waals surface area (Å²) in [7, 11) is 0. The summed E-state index contributed by atoms with van der Waals surface area (Å²) < 4.78 is 0. The maximum absolute atomic E-state index is 12.6. The van der Waals surface area contributed by atoms with Gasteiger partial charge in [0.25, 0.3) is 0 Å². The van der Waals surface area contributed by atoms with Gasteiger partial charge in [0.05, 0.1) is 12.2 Å². The lowest BCUT2D eigenvalue weighted by Crippen LogP contribution is -2.59. The van der Waals surface area contributed by atoms with Gasteiger partial charge in [-0.05, 0) is 6.42 Å². The number of nitrogens with zero attached hydrogens (tertiary/aromatic N) is 3. The topological polar surface area (TPSA) is 77.6 Å². The number of rotatable bonds is 4. The third-order valence-electron chi connectivity index (χ3n) is 5.01. The zero-order valence-electron chi connectivity index (χ0n) is 15.1. The molecular weight excluding hydrogens is 362 g/mol. The molecule has 7 nitrogen and oxygen atoms in total. The maximum Gasteiger partial charge on any atom is 0.241 e. The molecule has 0 bridgehead atoms. The van der Waals surface area contributed by atoms with E-state index in [9.17, 15) is 9.59 Å². The number of carbonyl (C=O) groups is 2. The highest BCUT2D eigenvalue weighted by molar-refractivity contribution is 7.09. The molecule has 2 fully saturated rings. The molecule has 1 atom stereocenters. The van der Waals surface area contributed by atoms with E-state index in [-0.39, 0.29) is 17.9 Å². The Morgan fingerprint density at radius 2 is 1.96 bits per heavy atom. The third-order valence-corrected chi connectivity index (χ3v) is 5.84. The highest BCUT2D eigenvalue weighted by atomic mass is 32.1. The Labute approximate surface area is 162 Å². The van der Waals surface area contributed by atoms with Crippen LogP contribution in [0.4, 0.5) is 0 Å². The molecule has 2 aliphatic heterocycles. The Hall–Kier alpha value is -2.29. The molecule has 27 heavy (non-hydrogen) atoms. The molecule has 2 saturated heterocycles. The highest BCUT2D eigenvalue weighted by Crippen LogP contribution is 2.22. The number of hydrazine groups is 1. The maximum atomic E-state index is 12.6. The lowest BCUT2D eigenvalue weighted by Gasteiger charge is -2.36. The lowest BCUT2D eigenvalue weighted by atomic mass is 10.1. The first kappa shape index (κ1) is 18.1. The van der Waals surface area contributed by atoms with Crippen LogP contribution in [0.15, 0.2) is 35.7 Å². The minimum atomic E-state index is -0.304. The average Bonchev–Trinajstić information content (AvgIpc) is 3.18. The number of hydrogen-bond donors (Lipinski definition) is 2. The van der Waals surface area contributed by atoms with E-state index in [2.05, 4.69) is 33.3 Å². The summed E-state index contributed by atoms with van der Waals surface area (Å²) in [6.45, 7) is 3.91. The van der Waals surface area contributed by atoms with Crippen LogP contribution in [0, 0.1) is 0 Å². The second-order valence-corrected chi connectivity index (χ2v) is 7.82. The quantitative estimate of drug-likeness (QED) is 0.828. The number of amides is 2. The van der Waals surface area contributed by atoms with Crippen molar-refractivity contribution in [2.75, 3.05) is 26.2 Å². The largest absolute Gasteiger partial charge is 0.339 e. The van der Waals surface area contributed by atoms with E-state index in [0.29, 0.717) is 25.9 Å². The van der Waals surface area contributed by atoms with E-state index in [1.165, 1.54) is 0 Å². The van der Waals surface area contributed by atoms with Gasteiger partial charge >= 0.3 is 0 Å². The first-order valence-corrected chi connectivity index (χ1v) is 10.1. The molecule has 1 unspecified atom stereocenters. The molecular formula is C19H23N5O2S. The van der Waals surface area contributed by atoms with Gasteiger partial charge in [-0.25, -0.2) is 10.4 Å². The number of piperazine rings is 1. The van der Waals surface area contributed by atoms with Crippen LogP contribution in [-0.2, 0) is 16.1 Å². The second kappa shape index (κ2) is 8.16. The molecule has 0 aliphatic carbocycles. The van der Waals surface area contributed by atoms with Gasteiger partial charge in [0.15, 0.2) is 0 Å². The van der Waals surface area contributed by atoms with Gasteiger partial charge in [-0.2, -0.15) is 0 Å². The van der Waals surface area contributed by atoms with Gasteiger partial charge in [-0.1, -0.05) is 30.3 Å². The van der Waals surface area contributed by atoms with Crippen LogP contribution in [-0.4, -0.2) is 58.8 Å². The molecule has 2 aromatic rings. The van der Waals surface area contributed by atoms with Crippen LogP contribution in [0.5, 0.6) is 0 Å². The molecule has 2 N–H and O–H groups in total. The predicted molar refractivity (Wildman–Crippen MR) is 104 cm³/mol. The van der Waals surface area contributed by atoms with E-state index >= 15 is 0 Å². The monoisotopic (exact) mass is 385 g/mol. The average molecular weight is 385 g/mol. The van der Waals surface area contributed by atoms with E-state index in [4.69, 9.17) is 4.98 Å². The number of thiazole rings is 1. The Bertz CT molecular complexity index is 791. The van der Waals surface area contributed by atoms with Gasteiger partial charge in [0.1, 0.15) is 11.0 Å². The molecule has 1 aromatic carbocycles. The molecule has 1 aromatic heterocycles. The van der Waals surface area contributed by atoms with Crippen LogP contribution < -0.4 is 10.9 Å². The number of benzene rings is 1. The number of nitrogens with one attached hydrogen (secondary N) is 2. The molecule has 0 spiro atoms. The van der Waals surface area contributed by atoms with Crippen molar-refractivity contribution in [3.63, 3.8) is 0 Å². The Morgan fingerprint density at radius 3 is 2.67 bits per heavy atom. The summed E-state index contributed by atoms with van der Waals surface area (Å²) in [5.74, 6) is 0.0254. The van der Waals surface area contributed by atoms with Crippen LogP contribution in [0.25, 0.3) is 11.3 Å². The highest BCUT2D eigenvalue weighted by Gasteiger charge is 2.30. The molecule has 3 heterocycles. The molecule has 2 aliphatic rings. The summed E-state index contributed by atoms with van der Waals surface area (Å²) in [4.78, 5) is 32.8. The predicted octanol–water partition coefficient (Wildman–Crippen LogP) is 1.24. The van der Waals surface area contributed by atoms with Gasteiger partial charge in [0, 0.05) is 43.5 Å². The van der Waals surface area contributed by atoms with Crippen LogP contribution >= 0.6 is 11.3 Å². The van der Waals surface area contributed by atoms with Crippen molar-refractivity contribution >= 4 is 23.2 Å². The smallest absolute Gasteiger partial charge is 0.241 e. The molecule has 0 radical (unpaired) electrons. The summed E-state index contributed by atoms with van der Waals surface area (Å²) in [6.07, 6.45) is 0.962. The first-order valence-electron chi connectivity index (χ1n) is 9.24.